The van der Waals surface area contributed by atoms with Crippen LogP contribution < -0.4 is 5.32 Å². The van der Waals surface area contributed by atoms with Crippen molar-refractivity contribution in [3.63, 3.8) is 0 Å². The van der Waals surface area contributed by atoms with E-state index in [4.69, 9.17) is 0 Å². The maximum atomic E-state index is 12.2. The first-order valence-corrected chi connectivity index (χ1v) is 6.84. The first-order chi connectivity index (χ1) is 8.58. The van der Waals surface area contributed by atoms with Crippen LogP contribution in [0.25, 0.3) is 0 Å². The van der Waals surface area contributed by atoms with E-state index in [0.29, 0.717) is 6.54 Å². The Balaban J connectivity index is 1.93. The number of nitrogens with zero attached hydrogens (tertiary/aromatic N) is 1. The lowest BCUT2D eigenvalue weighted by Crippen LogP contribution is -2.59. The van der Waals surface area contributed by atoms with Crippen molar-refractivity contribution >= 4 is 11.8 Å². The second kappa shape index (κ2) is 5.55. The molecule has 0 bridgehead atoms. The van der Waals surface area contributed by atoms with E-state index < -0.39 is 0 Å². The molecule has 1 N–H and O–H groups in total. The molecule has 1 fully saturated rings. The Kier molecular flexibility index (Phi) is 4.04. The topological polar surface area (TPSA) is 49.4 Å². The van der Waals surface area contributed by atoms with E-state index in [9.17, 15) is 9.59 Å². The standard InChI is InChI=1S/C14H22N2O2/c1-10(2)13-14(18)16(9-12(17)15-13)8-7-11-5-3-4-6-11/h5,10,13H,3-4,6-9H2,1-2H3,(H,15,17). The highest BCUT2D eigenvalue weighted by molar-refractivity contribution is 5.94. The van der Waals surface area contributed by atoms with Gasteiger partial charge in [0.1, 0.15) is 6.04 Å². The monoisotopic (exact) mass is 250 g/mol. The molecule has 2 rings (SSSR count). The number of allylic oxidation sites excluding steroid dienone is 1. The number of hydrogen-bond acceptors (Lipinski definition) is 2. The summed E-state index contributed by atoms with van der Waals surface area (Å²) < 4.78 is 0. The summed E-state index contributed by atoms with van der Waals surface area (Å²) in [7, 11) is 0. The van der Waals surface area contributed by atoms with E-state index in [1.807, 2.05) is 13.8 Å². The van der Waals surface area contributed by atoms with Crippen molar-refractivity contribution in [1.29, 1.82) is 0 Å². The van der Waals surface area contributed by atoms with Crippen LogP contribution in [0.15, 0.2) is 11.6 Å². The van der Waals surface area contributed by atoms with Gasteiger partial charge in [0, 0.05) is 6.54 Å². The van der Waals surface area contributed by atoms with Gasteiger partial charge in [-0.25, -0.2) is 0 Å². The van der Waals surface area contributed by atoms with Crippen LogP contribution in [-0.4, -0.2) is 35.8 Å². The number of carbonyl (C=O) groups is 2. The van der Waals surface area contributed by atoms with Gasteiger partial charge in [-0.3, -0.25) is 9.59 Å². The summed E-state index contributed by atoms with van der Waals surface area (Å²) in [6.45, 7) is 4.83. The fourth-order valence-corrected chi connectivity index (χ4v) is 2.61. The van der Waals surface area contributed by atoms with Gasteiger partial charge in [-0.15, -0.1) is 0 Å². The van der Waals surface area contributed by atoms with Crippen LogP contribution >= 0.6 is 0 Å². The molecule has 1 aliphatic heterocycles. The van der Waals surface area contributed by atoms with E-state index >= 15 is 0 Å². The number of rotatable bonds is 4. The summed E-state index contributed by atoms with van der Waals surface area (Å²) in [5.74, 6) is 0.187. The summed E-state index contributed by atoms with van der Waals surface area (Å²) in [5, 5.41) is 2.78. The Morgan fingerprint density at radius 3 is 2.83 bits per heavy atom. The van der Waals surface area contributed by atoms with Crippen LogP contribution in [-0.2, 0) is 9.59 Å². The average molecular weight is 250 g/mol. The summed E-state index contributed by atoms with van der Waals surface area (Å²) in [5.41, 5.74) is 1.44. The molecule has 100 valence electrons. The molecule has 4 nitrogen and oxygen atoms in total. The minimum atomic E-state index is -0.344. The number of nitrogens with one attached hydrogen (secondary N) is 1. The lowest BCUT2D eigenvalue weighted by molar-refractivity contribution is -0.145. The fraction of sp³-hybridized carbons (Fsp3) is 0.714. The first-order valence-electron chi connectivity index (χ1n) is 6.84. The van der Waals surface area contributed by atoms with Gasteiger partial charge in [0.15, 0.2) is 0 Å². The molecule has 1 heterocycles. The largest absolute Gasteiger partial charge is 0.343 e. The normalized spacial score (nSPS) is 24.5. The lowest BCUT2D eigenvalue weighted by Gasteiger charge is -2.34. The molecule has 0 spiro atoms. The Labute approximate surface area is 108 Å². The van der Waals surface area contributed by atoms with Crippen molar-refractivity contribution in [3.8, 4) is 0 Å². The summed E-state index contributed by atoms with van der Waals surface area (Å²) in [6.07, 6.45) is 6.75. The van der Waals surface area contributed by atoms with Crippen LogP contribution in [0.5, 0.6) is 0 Å². The van der Waals surface area contributed by atoms with E-state index in [1.165, 1.54) is 18.4 Å². The maximum Gasteiger partial charge on any atom is 0.245 e. The average Bonchev–Trinajstić information content (AvgIpc) is 2.82. The van der Waals surface area contributed by atoms with E-state index in [1.54, 1.807) is 4.90 Å². The fourth-order valence-electron chi connectivity index (χ4n) is 2.61. The highest BCUT2D eigenvalue weighted by Gasteiger charge is 2.34. The van der Waals surface area contributed by atoms with E-state index in [-0.39, 0.29) is 30.3 Å². The third-order valence-corrected chi connectivity index (χ3v) is 3.73. The molecule has 18 heavy (non-hydrogen) atoms. The molecule has 1 aliphatic carbocycles. The zero-order valence-electron chi connectivity index (χ0n) is 11.2. The number of piperazine rings is 1. The molecule has 0 radical (unpaired) electrons. The molecule has 2 amide bonds. The van der Waals surface area contributed by atoms with Gasteiger partial charge in [-0.2, -0.15) is 0 Å². The number of carbonyl (C=O) groups excluding carboxylic acids is 2. The molecule has 4 heteroatoms. The third-order valence-electron chi connectivity index (χ3n) is 3.73. The zero-order chi connectivity index (χ0) is 13.1. The smallest absolute Gasteiger partial charge is 0.245 e. The Morgan fingerprint density at radius 2 is 2.22 bits per heavy atom. The van der Waals surface area contributed by atoms with Gasteiger partial charge in [-0.1, -0.05) is 25.5 Å². The van der Waals surface area contributed by atoms with Crippen molar-refractivity contribution in [2.24, 2.45) is 5.92 Å². The second-order valence-corrected chi connectivity index (χ2v) is 5.55. The van der Waals surface area contributed by atoms with Crippen LogP contribution in [0.4, 0.5) is 0 Å². The molecular weight excluding hydrogens is 228 g/mol. The lowest BCUT2D eigenvalue weighted by atomic mass is 10.0. The molecule has 0 aromatic rings. The van der Waals surface area contributed by atoms with Gasteiger partial charge < -0.3 is 10.2 Å². The van der Waals surface area contributed by atoms with Crippen molar-refractivity contribution in [2.45, 2.75) is 45.6 Å². The summed E-state index contributed by atoms with van der Waals surface area (Å²) in [4.78, 5) is 25.5. The van der Waals surface area contributed by atoms with Crippen molar-refractivity contribution in [1.82, 2.24) is 10.2 Å². The molecule has 1 saturated heterocycles. The van der Waals surface area contributed by atoms with Crippen molar-refractivity contribution in [2.75, 3.05) is 13.1 Å². The Morgan fingerprint density at radius 1 is 1.44 bits per heavy atom. The Bertz CT molecular complexity index is 374. The van der Waals surface area contributed by atoms with Gasteiger partial charge in [0.25, 0.3) is 0 Å². The first kappa shape index (κ1) is 13.1. The molecule has 0 saturated carbocycles. The van der Waals surface area contributed by atoms with Gasteiger partial charge in [-0.05, 0) is 31.6 Å². The SMILES string of the molecule is CC(C)C1NC(=O)CN(CCC2=CCCC2)C1=O. The molecule has 1 atom stereocenters. The highest BCUT2D eigenvalue weighted by atomic mass is 16.2. The van der Waals surface area contributed by atoms with Crippen LogP contribution in [0.1, 0.15) is 39.5 Å². The van der Waals surface area contributed by atoms with E-state index in [0.717, 1.165) is 12.8 Å². The minimum Gasteiger partial charge on any atom is -0.343 e. The number of amides is 2. The molecule has 2 aliphatic rings. The minimum absolute atomic E-state index is 0.0336. The van der Waals surface area contributed by atoms with Gasteiger partial charge >= 0.3 is 0 Å². The molecule has 1 unspecified atom stereocenters. The van der Waals surface area contributed by atoms with Crippen molar-refractivity contribution in [3.05, 3.63) is 11.6 Å². The summed E-state index contributed by atoms with van der Waals surface area (Å²) in [6, 6.07) is -0.344. The zero-order valence-corrected chi connectivity index (χ0v) is 11.2. The molecular formula is C14H22N2O2. The quantitative estimate of drug-likeness (QED) is 0.768. The van der Waals surface area contributed by atoms with Crippen LogP contribution in [0.2, 0.25) is 0 Å². The third kappa shape index (κ3) is 2.92. The summed E-state index contributed by atoms with van der Waals surface area (Å²) >= 11 is 0. The molecule has 0 aromatic carbocycles. The highest BCUT2D eigenvalue weighted by Crippen LogP contribution is 2.21. The second-order valence-electron chi connectivity index (χ2n) is 5.55. The van der Waals surface area contributed by atoms with Gasteiger partial charge in [0.05, 0.1) is 6.54 Å². The molecule has 0 aromatic heterocycles. The van der Waals surface area contributed by atoms with Gasteiger partial charge in [0.2, 0.25) is 11.8 Å². The van der Waals surface area contributed by atoms with Crippen molar-refractivity contribution < 1.29 is 9.59 Å². The maximum absolute atomic E-state index is 12.2. The number of hydrogen-bond donors (Lipinski definition) is 1. The van der Waals surface area contributed by atoms with Crippen LogP contribution in [0.3, 0.4) is 0 Å². The predicted octanol–water partition coefficient (Wildman–Crippen LogP) is 1.47. The van der Waals surface area contributed by atoms with Crippen LogP contribution in [0, 0.1) is 5.92 Å². The predicted molar refractivity (Wildman–Crippen MR) is 69.9 cm³/mol. The van der Waals surface area contributed by atoms with E-state index in [2.05, 4.69) is 11.4 Å². The Hall–Kier alpha value is -1.32.